The summed E-state index contributed by atoms with van der Waals surface area (Å²) < 4.78 is 0. The molecule has 31 heavy (non-hydrogen) atoms. The standard InChI is InChI=1S/C21H22N10/c1-2-4-16(5-3-1)10-17-11-22-20(23-12-17)30-6-8-31(9-7-30)21-25-15-24-19(29-21)28-18-13-26-27-14-18/h1-5,11-15H,6-10H2,(H,26,27)(H,24,25,28,29). The van der Waals surface area contributed by atoms with Crippen LogP contribution in [0.5, 0.6) is 0 Å². The van der Waals surface area contributed by atoms with Crippen LogP contribution in [0.15, 0.2) is 61.4 Å². The van der Waals surface area contributed by atoms with Crippen molar-refractivity contribution in [3.8, 4) is 0 Å². The maximum absolute atomic E-state index is 4.59. The van der Waals surface area contributed by atoms with Crippen LogP contribution in [0.25, 0.3) is 0 Å². The predicted molar refractivity (Wildman–Crippen MR) is 117 cm³/mol. The fourth-order valence-electron chi connectivity index (χ4n) is 3.49. The zero-order chi connectivity index (χ0) is 20.9. The first-order valence-electron chi connectivity index (χ1n) is 10.1. The van der Waals surface area contributed by atoms with Crippen molar-refractivity contribution in [2.45, 2.75) is 6.42 Å². The average molecular weight is 414 g/mol. The Morgan fingerprint density at radius 2 is 1.55 bits per heavy atom. The van der Waals surface area contributed by atoms with Gasteiger partial charge in [0, 0.05) is 51.2 Å². The van der Waals surface area contributed by atoms with Crippen LogP contribution in [-0.4, -0.2) is 61.3 Å². The maximum atomic E-state index is 4.59. The molecule has 1 fully saturated rings. The SMILES string of the molecule is c1ccc(Cc2cnc(N3CCN(c4ncnc(Nc5cn[nH]c5)n4)CC3)nc2)cc1. The third-order valence-electron chi connectivity index (χ3n) is 5.10. The smallest absolute Gasteiger partial charge is 0.232 e. The lowest BCUT2D eigenvalue weighted by Gasteiger charge is -2.34. The number of hydrogen-bond donors (Lipinski definition) is 2. The largest absolute Gasteiger partial charge is 0.337 e. The molecule has 1 aromatic carbocycles. The molecule has 3 aromatic heterocycles. The van der Waals surface area contributed by atoms with E-state index in [4.69, 9.17) is 0 Å². The van der Waals surface area contributed by atoms with E-state index >= 15 is 0 Å². The molecule has 2 N–H and O–H groups in total. The number of rotatable bonds is 6. The second kappa shape index (κ2) is 8.74. The van der Waals surface area contributed by atoms with Crippen molar-refractivity contribution in [1.29, 1.82) is 0 Å². The Balaban J connectivity index is 1.19. The van der Waals surface area contributed by atoms with Gasteiger partial charge in [0.2, 0.25) is 17.8 Å². The maximum Gasteiger partial charge on any atom is 0.232 e. The summed E-state index contributed by atoms with van der Waals surface area (Å²) in [6, 6.07) is 10.4. The van der Waals surface area contributed by atoms with Gasteiger partial charge in [0.25, 0.3) is 0 Å². The third-order valence-corrected chi connectivity index (χ3v) is 5.10. The van der Waals surface area contributed by atoms with Crippen LogP contribution in [0, 0.1) is 0 Å². The molecule has 4 aromatic rings. The van der Waals surface area contributed by atoms with Gasteiger partial charge in [-0.15, -0.1) is 0 Å². The van der Waals surface area contributed by atoms with E-state index in [1.165, 1.54) is 11.9 Å². The molecule has 0 unspecified atom stereocenters. The Kier molecular flexibility index (Phi) is 5.33. The van der Waals surface area contributed by atoms with Gasteiger partial charge in [-0.05, 0) is 11.1 Å². The molecule has 10 heteroatoms. The molecule has 10 nitrogen and oxygen atoms in total. The van der Waals surface area contributed by atoms with E-state index in [9.17, 15) is 0 Å². The minimum absolute atomic E-state index is 0.492. The Morgan fingerprint density at radius 3 is 2.26 bits per heavy atom. The van der Waals surface area contributed by atoms with Crippen molar-refractivity contribution in [2.75, 3.05) is 41.3 Å². The van der Waals surface area contributed by atoms with Crippen molar-refractivity contribution in [3.05, 3.63) is 72.6 Å². The summed E-state index contributed by atoms with van der Waals surface area (Å²) in [6.45, 7) is 3.16. The second-order valence-corrected chi connectivity index (χ2v) is 7.25. The summed E-state index contributed by atoms with van der Waals surface area (Å²) >= 11 is 0. The van der Waals surface area contributed by atoms with Gasteiger partial charge < -0.3 is 15.1 Å². The van der Waals surface area contributed by atoms with Crippen LogP contribution >= 0.6 is 0 Å². The van der Waals surface area contributed by atoms with Gasteiger partial charge in [0.1, 0.15) is 6.33 Å². The van der Waals surface area contributed by atoms with Gasteiger partial charge in [-0.1, -0.05) is 30.3 Å². The van der Waals surface area contributed by atoms with Crippen molar-refractivity contribution in [1.82, 2.24) is 35.1 Å². The molecular weight excluding hydrogens is 392 g/mol. The summed E-state index contributed by atoms with van der Waals surface area (Å²) in [4.78, 5) is 26.5. The van der Waals surface area contributed by atoms with Crippen molar-refractivity contribution in [3.63, 3.8) is 0 Å². The number of benzene rings is 1. The van der Waals surface area contributed by atoms with E-state index in [2.05, 4.69) is 62.4 Å². The first-order chi connectivity index (χ1) is 15.3. The molecular formula is C21H22N10. The van der Waals surface area contributed by atoms with Crippen molar-refractivity contribution in [2.24, 2.45) is 0 Å². The summed E-state index contributed by atoms with van der Waals surface area (Å²) in [5, 5.41) is 9.77. The van der Waals surface area contributed by atoms with E-state index in [0.717, 1.165) is 49.8 Å². The highest BCUT2D eigenvalue weighted by Gasteiger charge is 2.21. The first kappa shape index (κ1) is 18.9. The Morgan fingerprint density at radius 1 is 0.806 bits per heavy atom. The third kappa shape index (κ3) is 4.58. The summed E-state index contributed by atoms with van der Waals surface area (Å²) in [5.74, 6) is 1.90. The second-order valence-electron chi connectivity index (χ2n) is 7.25. The topological polar surface area (TPSA) is 112 Å². The van der Waals surface area contributed by atoms with Crippen LogP contribution in [-0.2, 0) is 6.42 Å². The van der Waals surface area contributed by atoms with Crippen LogP contribution < -0.4 is 15.1 Å². The lowest BCUT2D eigenvalue weighted by molar-refractivity contribution is 0.626. The van der Waals surface area contributed by atoms with E-state index in [0.29, 0.717) is 11.9 Å². The number of nitrogens with zero attached hydrogens (tertiary/aromatic N) is 8. The number of H-pyrrole nitrogens is 1. The zero-order valence-electron chi connectivity index (χ0n) is 16.9. The minimum atomic E-state index is 0.492. The molecule has 0 atom stereocenters. The van der Waals surface area contributed by atoms with Gasteiger partial charge in [-0.25, -0.2) is 19.9 Å². The predicted octanol–water partition coefficient (Wildman–Crippen LogP) is 2.05. The Bertz CT molecular complexity index is 1090. The van der Waals surface area contributed by atoms with Crippen molar-refractivity contribution < 1.29 is 0 Å². The molecule has 1 aliphatic rings. The number of hydrogen-bond acceptors (Lipinski definition) is 9. The van der Waals surface area contributed by atoms with Crippen molar-refractivity contribution >= 4 is 23.5 Å². The summed E-state index contributed by atoms with van der Waals surface area (Å²) in [6.07, 6.45) is 9.61. The molecule has 1 aliphatic heterocycles. The average Bonchev–Trinajstić information content (AvgIpc) is 3.34. The number of piperazine rings is 1. The Labute approximate surface area is 179 Å². The molecule has 0 radical (unpaired) electrons. The fraction of sp³-hybridized carbons (Fsp3) is 0.238. The number of anilines is 4. The van der Waals surface area contributed by atoms with Gasteiger partial charge in [-0.3, -0.25) is 5.10 Å². The van der Waals surface area contributed by atoms with Crippen LogP contribution in [0.4, 0.5) is 23.5 Å². The quantitative estimate of drug-likeness (QED) is 0.489. The lowest BCUT2D eigenvalue weighted by Crippen LogP contribution is -2.47. The highest BCUT2D eigenvalue weighted by molar-refractivity contribution is 5.51. The number of aromatic amines is 1. The van der Waals surface area contributed by atoms with E-state index in [-0.39, 0.29) is 0 Å². The number of aromatic nitrogens is 7. The van der Waals surface area contributed by atoms with Crippen LogP contribution in [0.3, 0.4) is 0 Å². The normalized spacial score (nSPS) is 13.9. The highest BCUT2D eigenvalue weighted by Crippen LogP contribution is 2.17. The first-order valence-corrected chi connectivity index (χ1v) is 10.1. The van der Waals surface area contributed by atoms with Gasteiger partial charge in [0.05, 0.1) is 11.9 Å². The highest BCUT2D eigenvalue weighted by atomic mass is 15.4. The molecule has 0 spiro atoms. The van der Waals surface area contributed by atoms with Crippen LogP contribution in [0.2, 0.25) is 0 Å². The van der Waals surface area contributed by atoms with E-state index in [1.54, 1.807) is 12.4 Å². The fourth-order valence-corrected chi connectivity index (χ4v) is 3.49. The number of nitrogens with one attached hydrogen (secondary N) is 2. The molecule has 156 valence electrons. The van der Waals surface area contributed by atoms with E-state index in [1.807, 2.05) is 30.6 Å². The zero-order valence-corrected chi connectivity index (χ0v) is 16.9. The molecule has 0 bridgehead atoms. The minimum Gasteiger partial charge on any atom is -0.337 e. The van der Waals surface area contributed by atoms with Gasteiger partial charge in [-0.2, -0.15) is 10.1 Å². The Hall–Kier alpha value is -4.08. The molecule has 4 heterocycles. The molecule has 5 rings (SSSR count). The van der Waals surface area contributed by atoms with Gasteiger partial charge in [0.15, 0.2) is 0 Å². The molecule has 0 saturated carbocycles. The van der Waals surface area contributed by atoms with E-state index < -0.39 is 0 Å². The molecule has 0 aliphatic carbocycles. The lowest BCUT2D eigenvalue weighted by atomic mass is 10.1. The monoisotopic (exact) mass is 414 g/mol. The molecule has 0 amide bonds. The van der Waals surface area contributed by atoms with Gasteiger partial charge >= 0.3 is 0 Å². The molecule has 1 saturated heterocycles. The summed E-state index contributed by atoms with van der Waals surface area (Å²) in [7, 11) is 0. The van der Waals surface area contributed by atoms with Crippen LogP contribution in [0.1, 0.15) is 11.1 Å². The summed E-state index contributed by atoms with van der Waals surface area (Å²) in [5.41, 5.74) is 3.16.